The molecule has 3 aromatic rings. The Morgan fingerprint density at radius 1 is 1.33 bits per heavy atom. The fraction of sp³-hybridized carbons (Fsp3) is 0. The molecule has 0 aliphatic rings. The van der Waals surface area contributed by atoms with Crippen molar-refractivity contribution in [1.29, 1.82) is 5.26 Å². The van der Waals surface area contributed by atoms with E-state index in [-0.39, 0.29) is 16.3 Å². The zero-order valence-corrected chi connectivity index (χ0v) is 15.1. The van der Waals surface area contributed by atoms with Crippen LogP contribution in [0.25, 0.3) is 16.8 Å². The maximum absolute atomic E-state index is 13.2. The highest BCUT2D eigenvalue weighted by Crippen LogP contribution is 2.27. The molecule has 0 aliphatic heterocycles. The molecular formula is C18H10ClFN4O2S. The topological polar surface area (TPSA) is 91.8 Å². The number of nitro benzene ring substituents is 1. The molecule has 0 bridgehead atoms. The second kappa shape index (κ2) is 7.95. The first-order valence-electron chi connectivity index (χ1n) is 7.50. The second-order valence-electron chi connectivity index (χ2n) is 5.28. The van der Waals surface area contributed by atoms with E-state index >= 15 is 0 Å². The summed E-state index contributed by atoms with van der Waals surface area (Å²) in [6, 6.07) is 12.2. The minimum absolute atomic E-state index is 0.00558. The van der Waals surface area contributed by atoms with Gasteiger partial charge in [-0.15, -0.1) is 11.3 Å². The van der Waals surface area contributed by atoms with Crippen LogP contribution in [0.2, 0.25) is 5.02 Å². The third-order valence-corrected chi connectivity index (χ3v) is 4.70. The highest BCUT2D eigenvalue weighted by atomic mass is 35.5. The molecule has 0 unspecified atom stereocenters. The number of nitrogens with one attached hydrogen (secondary N) is 1. The second-order valence-corrected chi connectivity index (χ2v) is 6.55. The van der Waals surface area contributed by atoms with Gasteiger partial charge in [-0.2, -0.15) is 5.26 Å². The van der Waals surface area contributed by atoms with Crippen LogP contribution in [-0.2, 0) is 0 Å². The molecule has 1 N–H and O–H groups in total. The van der Waals surface area contributed by atoms with Crippen molar-refractivity contribution in [3.05, 3.63) is 80.0 Å². The molecule has 0 atom stereocenters. The number of thiazole rings is 1. The number of aromatic nitrogens is 1. The zero-order chi connectivity index (χ0) is 19.4. The number of rotatable bonds is 5. The van der Waals surface area contributed by atoms with Gasteiger partial charge in [0, 0.05) is 35.0 Å². The van der Waals surface area contributed by atoms with Crippen LogP contribution in [0.15, 0.2) is 54.0 Å². The first-order valence-corrected chi connectivity index (χ1v) is 8.76. The summed E-state index contributed by atoms with van der Waals surface area (Å²) in [6.45, 7) is 0. The van der Waals surface area contributed by atoms with Gasteiger partial charge in [0.1, 0.15) is 22.5 Å². The Bertz CT molecular complexity index is 1070. The fourth-order valence-electron chi connectivity index (χ4n) is 2.17. The molecule has 27 heavy (non-hydrogen) atoms. The summed E-state index contributed by atoms with van der Waals surface area (Å²) < 4.78 is 13.2. The molecule has 0 radical (unpaired) electrons. The molecule has 0 aliphatic carbocycles. The lowest BCUT2D eigenvalue weighted by Crippen LogP contribution is -1.92. The van der Waals surface area contributed by atoms with Crippen LogP contribution < -0.4 is 5.32 Å². The highest BCUT2D eigenvalue weighted by molar-refractivity contribution is 7.11. The van der Waals surface area contributed by atoms with E-state index in [9.17, 15) is 19.8 Å². The molecule has 6 nitrogen and oxygen atoms in total. The summed E-state index contributed by atoms with van der Waals surface area (Å²) in [5, 5.41) is 25.2. The average molecular weight is 401 g/mol. The van der Waals surface area contributed by atoms with E-state index in [2.05, 4.69) is 16.4 Å². The predicted octanol–water partition coefficient (Wildman–Crippen LogP) is 5.49. The molecular weight excluding hydrogens is 391 g/mol. The van der Waals surface area contributed by atoms with Crippen LogP contribution in [0.4, 0.5) is 15.8 Å². The van der Waals surface area contributed by atoms with E-state index in [1.807, 2.05) is 0 Å². The van der Waals surface area contributed by atoms with Crippen LogP contribution in [0.5, 0.6) is 0 Å². The van der Waals surface area contributed by atoms with Crippen LogP contribution in [0, 0.1) is 27.3 Å². The molecule has 1 heterocycles. The first kappa shape index (κ1) is 18.5. The van der Waals surface area contributed by atoms with E-state index in [0.29, 0.717) is 22.0 Å². The molecule has 134 valence electrons. The summed E-state index contributed by atoms with van der Waals surface area (Å²) in [5.41, 5.74) is 2.12. The summed E-state index contributed by atoms with van der Waals surface area (Å²) >= 11 is 7.00. The van der Waals surface area contributed by atoms with Crippen LogP contribution in [-0.4, -0.2) is 9.91 Å². The number of nitro groups is 1. The van der Waals surface area contributed by atoms with Crippen molar-refractivity contribution in [3.8, 4) is 17.3 Å². The lowest BCUT2D eigenvalue weighted by atomic mass is 10.1. The van der Waals surface area contributed by atoms with Gasteiger partial charge in [-0.3, -0.25) is 10.1 Å². The van der Waals surface area contributed by atoms with E-state index in [4.69, 9.17) is 11.6 Å². The predicted molar refractivity (Wildman–Crippen MR) is 103 cm³/mol. The van der Waals surface area contributed by atoms with Crippen molar-refractivity contribution in [2.24, 2.45) is 0 Å². The smallest absolute Gasteiger partial charge is 0.269 e. The number of nitrogens with zero attached hydrogens (tertiary/aromatic N) is 3. The van der Waals surface area contributed by atoms with Gasteiger partial charge in [-0.05, 0) is 30.3 Å². The van der Waals surface area contributed by atoms with Gasteiger partial charge in [0.05, 0.1) is 15.6 Å². The maximum atomic E-state index is 13.2. The Labute approximate surface area is 162 Å². The largest absolute Gasteiger partial charge is 0.360 e. The number of non-ortho nitro benzene ring substituents is 1. The number of allylic oxidation sites excluding steroid dienone is 1. The van der Waals surface area contributed by atoms with Crippen LogP contribution >= 0.6 is 22.9 Å². The van der Waals surface area contributed by atoms with E-state index < -0.39 is 10.7 Å². The van der Waals surface area contributed by atoms with Gasteiger partial charge in [0.15, 0.2) is 0 Å². The van der Waals surface area contributed by atoms with Crippen molar-refractivity contribution in [2.45, 2.75) is 0 Å². The normalized spacial score (nSPS) is 11.1. The quantitative estimate of drug-likeness (QED) is 0.347. The van der Waals surface area contributed by atoms with Gasteiger partial charge in [0.2, 0.25) is 0 Å². The molecule has 1 aromatic heterocycles. The molecule has 2 aromatic carbocycles. The van der Waals surface area contributed by atoms with Crippen molar-refractivity contribution >= 4 is 39.9 Å². The number of halogens is 2. The first-order chi connectivity index (χ1) is 13.0. The van der Waals surface area contributed by atoms with E-state index in [1.54, 1.807) is 17.5 Å². The fourth-order valence-corrected chi connectivity index (χ4v) is 3.14. The third-order valence-electron chi connectivity index (χ3n) is 3.53. The van der Waals surface area contributed by atoms with Gasteiger partial charge >= 0.3 is 0 Å². The third kappa shape index (κ3) is 4.28. The molecule has 0 spiro atoms. The van der Waals surface area contributed by atoms with Gasteiger partial charge < -0.3 is 5.32 Å². The maximum Gasteiger partial charge on any atom is 0.269 e. The number of anilines is 1. The van der Waals surface area contributed by atoms with Gasteiger partial charge in [-0.25, -0.2) is 9.37 Å². The summed E-state index contributed by atoms with van der Waals surface area (Å²) in [6.07, 6.45) is 1.46. The SMILES string of the molecule is N#CC(=CNc1ccc(F)c(Cl)c1)c1nc(-c2ccc([N+](=O)[O-])cc2)cs1. The number of hydrogen-bond donors (Lipinski definition) is 1. The van der Waals surface area contributed by atoms with Crippen molar-refractivity contribution in [3.63, 3.8) is 0 Å². The standard InChI is InChI=1S/C18H10ClFN4O2S/c19-15-7-13(3-6-16(15)20)22-9-12(8-21)18-23-17(10-27-18)11-1-4-14(5-2-11)24(25)26/h1-7,9-10,22H. The number of benzene rings is 2. The monoisotopic (exact) mass is 400 g/mol. The van der Waals surface area contributed by atoms with Crippen molar-refractivity contribution in [2.75, 3.05) is 5.32 Å². The Balaban J connectivity index is 1.81. The number of hydrogen-bond acceptors (Lipinski definition) is 6. The Morgan fingerprint density at radius 3 is 2.70 bits per heavy atom. The van der Waals surface area contributed by atoms with Crippen molar-refractivity contribution < 1.29 is 9.31 Å². The van der Waals surface area contributed by atoms with Crippen LogP contribution in [0.1, 0.15) is 5.01 Å². The minimum Gasteiger partial charge on any atom is -0.360 e. The Morgan fingerprint density at radius 2 is 2.07 bits per heavy atom. The molecule has 0 fully saturated rings. The highest BCUT2D eigenvalue weighted by Gasteiger charge is 2.11. The lowest BCUT2D eigenvalue weighted by molar-refractivity contribution is -0.384. The zero-order valence-electron chi connectivity index (χ0n) is 13.5. The van der Waals surface area contributed by atoms with Crippen LogP contribution in [0.3, 0.4) is 0 Å². The summed E-state index contributed by atoms with van der Waals surface area (Å²) in [5.74, 6) is -0.528. The molecule has 3 rings (SSSR count). The van der Waals surface area contributed by atoms with Gasteiger partial charge in [0.25, 0.3) is 5.69 Å². The van der Waals surface area contributed by atoms with Crippen molar-refractivity contribution in [1.82, 2.24) is 4.98 Å². The Hall–Kier alpha value is -3.28. The van der Waals surface area contributed by atoms with E-state index in [1.165, 1.54) is 47.9 Å². The Kier molecular flexibility index (Phi) is 5.45. The molecule has 0 amide bonds. The lowest BCUT2D eigenvalue weighted by Gasteiger charge is -2.02. The molecule has 0 saturated carbocycles. The number of nitriles is 1. The molecule has 0 saturated heterocycles. The average Bonchev–Trinajstić information content (AvgIpc) is 3.15. The van der Waals surface area contributed by atoms with Gasteiger partial charge in [-0.1, -0.05) is 11.6 Å². The minimum atomic E-state index is -0.528. The van der Waals surface area contributed by atoms with E-state index in [0.717, 1.165) is 0 Å². The summed E-state index contributed by atoms with van der Waals surface area (Å²) in [7, 11) is 0. The molecule has 9 heteroatoms. The summed E-state index contributed by atoms with van der Waals surface area (Å²) in [4.78, 5) is 14.7.